The lowest BCUT2D eigenvalue weighted by Gasteiger charge is -2.25. The first-order valence-corrected chi connectivity index (χ1v) is 7.29. The molecule has 0 aromatic rings. The highest BCUT2D eigenvalue weighted by Crippen LogP contribution is 2.29. The van der Waals surface area contributed by atoms with Gasteiger partial charge in [-0.1, -0.05) is 0 Å². The third-order valence-electron chi connectivity index (χ3n) is 4.24. The van der Waals surface area contributed by atoms with Crippen LogP contribution >= 0.6 is 0 Å². The van der Waals surface area contributed by atoms with E-state index in [9.17, 15) is 9.59 Å². The molecule has 1 aliphatic heterocycles. The average Bonchev–Trinajstić information content (AvgIpc) is 2.92. The van der Waals surface area contributed by atoms with Crippen molar-refractivity contribution >= 4 is 11.9 Å². The number of aliphatic carboxylic acids is 1. The summed E-state index contributed by atoms with van der Waals surface area (Å²) in [7, 11) is 0. The fraction of sp³-hybridized carbons (Fsp3) is 0.857. The molecule has 0 radical (unpaired) electrons. The molecule has 2 N–H and O–H groups in total. The molecule has 0 spiro atoms. The molecule has 1 atom stereocenters. The monoisotopic (exact) mass is 269 g/mol. The minimum absolute atomic E-state index is 0.0000893. The molecule has 2 aliphatic rings. The van der Waals surface area contributed by atoms with Gasteiger partial charge in [-0.25, -0.2) is 0 Å². The van der Waals surface area contributed by atoms with E-state index in [-0.39, 0.29) is 17.7 Å². The Labute approximate surface area is 113 Å². The third-order valence-corrected chi connectivity index (χ3v) is 4.24. The summed E-state index contributed by atoms with van der Waals surface area (Å²) in [5.41, 5.74) is 0. The van der Waals surface area contributed by atoms with Crippen molar-refractivity contribution in [3.05, 3.63) is 0 Å². The van der Waals surface area contributed by atoms with Gasteiger partial charge in [-0.2, -0.15) is 0 Å². The number of hydrogen-bond acceptors (Lipinski definition) is 3. The van der Waals surface area contributed by atoms with Crippen LogP contribution in [0, 0.1) is 11.8 Å². The second-order valence-corrected chi connectivity index (χ2v) is 5.60. The van der Waals surface area contributed by atoms with Gasteiger partial charge in [0.1, 0.15) is 0 Å². The summed E-state index contributed by atoms with van der Waals surface area (Å²) in [5, 5.41) is 11.9. The van der Waals surface area contributed by atoms with Crippen LogP contribution in [-0.4, -0.2) is 36.2 Å². The van der Waals surface area contributed by atoms with Crippen LogP contribution < -0.4 is 5.32 Å². The lowest BCUT2D eigenvalue weighted by Crippen LogP contribution is -2.35. The Morgan fingerprint density at radius 1 is 1.11 bits per heavy atom. The van der Waals surface area contributed by atoms with Crippen molar-refractivity contribution in [2.45, 2.75) is 51.0 Å². The van der Waals surface area contributed by atoms with Gasteiger partial charge in [0.25, 0.3) is 0 Å². The SMILES string of the molecule is O=C(O)C1CCC(C(=O)NCCC2CCCO2)CC1. The number of carboxylic acids is 1. The minimum Gasteiger partial charge on any atom is -0.481 e. The zero-order chi connectivity index (χ0) is 13.7. The summed E-state index contributed by atoms with van der Waals surface area (Å²) in [6.07, 6.45) is 6.06. The van der Waals surface area contributed by atoms with Gasteiger partial charge in [0.05, 0.1) is 12.0 Å². The molecule has 0 bridgehead atoms. The lowest BCUT2D eigenvalue weighted by atomic mass is 9.81. The van der Waals surface area contributed by atoms with Crippen molar-refractivity contribution in [2.75, 3.05) is 13.2 Å². The van der Waals surface area contributed by atoms with Gasteiger partial charge in [-0.05, 0) is 44.9 Å². The first kappa shape index (κ1) is 14.3. The summed E-state index contributed by atoms with van der Waals surface area (Å²) in [4.78, 5) is 22.8. The van der Waals surface area contributed by atoms with E-state index in [2.05, 4.69) is 5.32 Å². The molecule has 2 fully saturated rings. The molecule has 0 aromatic heterocycles. The van der Waals surface area contributed by atoms with Gasteiger partial charge in [0.15, 0.2) is 0 Å². The highest BCUT2D eigenvalue weighted by atomic mass is 16.5. The number of nitrogens with one attached hydrogen (secondary N) is 1. The van der Waals surface area contributed by atoms with Crippen LogP contribution in [0.1, 0.15) is 44.9 Å². The topological polar surface area (TPSA) is 75.6 Å². The number of carbonyl (C=O) groups excluding carboxylic acids is 1. The molecule has 1 saturated heterocycles. The smallest absolute Gasteiger partial charge is 0.306 e. The first-order chi connectivity index (χ1) is 9.16. The van der Waals surface area contributed by atoms with E-state index in [0.717, 1.165) is 25.9 Å². The van der Waals surface area contributed by atoms with Crippen molar-refractivity contribution in [3.63, 3.8) is 0 Å². The van der Waals surface area contributed by atoms with Crippen molar-refractivity contribution in [1.29, 1.82) is 0 Å². The molecule has 19 heavy (non-hydrogen) atoms. The van der Waals surface area contributed by atoms with Crippen LogP contribution in [0.15, 0.2) is 0 Å². The van der Waals surface area contributed by atoms with Gasteiger partial charge < -0.3 is 15.2 Å². The van der Waals surface area contributed by atoms with E-state index in [1.54, 1.807) is 0 Å². The largest absolute Gasteiger partial charge is 0.481 e. The molecule has 1 aliphatic carbocycles. The molecule has 5 nitrogen and oxygen atoms in total. The van der Waals surface area contributed by atoms with Gasteiger partial charge in [0, 0.05) is 19.1 Å². The third kappa shape index (κ3) is 4.20. The molecule has 1 saturated carbocycles. The van der Waals surface area contributed by atoms with Gasteiger partial charge in [0.2, 0.25) is 5.91 Å². The van der Waals surface area contributed by atoms with Gasteiger partial charge >= 0.3 is 5.97 Å². The van der Waals surface area contributed by atoms with E-state index in [1.165, 1.54) is 0 Å². The van der Waals surface area contributed by atoms with E-state index >= 15 is 0 Å². The number of carbonyl (C=O) groups is 2. The predicted molar refractivity (Wildman–Crippen MR) is 69.7 cm³/mol. The number of ether oxygens (including phenoxy) is 1. The Morgan fingerprint density at radius 3 is 2.37 bits per heavy atom. The molecular weight excluding hydrogens is 246 g/mol. The Kier molecular flexibility index (Phi) is 5.19. The standard InChI is InChI=1S/C14H23NO4/c16-13(15-8-7-12-2-1-9-19-12)10-3-5-11(6-4-10)14(17)18/h10-12H,1-9H2,(H,15,16)(H,17,18). The zero-order valence-corrected chi connectivity index (χ0v) is 11.3. The highest BCUT2D eigenvalue weighted by Gasteiger charge is 2.29. The zero-order valence-electron chi connectivity index (χ0n) is 11.3. The van der Waals surface area contributed by atoms with E-state index < -0.39 is 5.97 Å². The summed E-state index contributed by atoms with van der Waals surface area (Å²) in [6, 6.07) is 0. The Hall–Kier alpha value is -1.10. The fourth-order valence-corrected chi connectivity index (χ4v) is 2.98. The van der Waals surface area contributed by atoms with E-state index in [4.69, 9.17) is 9.84 Å². The van der Waals surface area contributed by atoms with Gasteiger partial charge in [-0.3, -0.25) is 9.59 Å². The van der Waals surface area contributed by atoms with Crippen LogP contribution in [0.5, 0.6) is 0 Å². The van der Waals surface area contributed by atoms with Gasteiger partial charge in [-0.15, -0.1) is 0 Å². The van der Waals surface area contributed by atoms with Crippen LogP contribution in [0.2, 0.25) is 0 Å². The van der Waals surface area contributed by atoms with Crippen molar-refractivity contribution in [2.24, 2.45) is 11.8 Å². The van der Waals surface area contributed by atoms with Crippen LogP contribution in [0.25, 0.3) is 0 Å². The second-order valence-electron chi connectivity index (χ2n) is 5.60. The molecule has 1 heterocycles. The van der Waals surface area contributed by atoms with Crippen LogP contribution in [0.3, 0.4) is 0 Å². The number of rotatable bonds is 5. The summed E-state index contributed by atoms with van der Waals surface area (Å²) in [6.45, 7) is 1.51. The Bertz CT molecular complexity index is 317. The molecule has 5 heteroatoms. The predicted octanol–water partition coefficient (Wildman–Crippen LogP) is 1.56. The normalized spacial score (nSPS) is 31.1. The van der Waals surface area contributed by atoms with Crippen molar-refractivity contribution in [1.82, 2.24) is 5.32 Å². The van der Waals surface area contributed by atoms with E-state index in [0.29, 0.717) is 38.3 Å². The maximum absolute atomic E-state index is 11.9. The molecule has 0 aromatic carbocycles. The summed E-state index contributed by atoms with van der Waals surface area (Å²) >= 11 is 0. The average molecular weight is 269 g/mol. The Balaban J connectivity index is 1.62. The summed E-state index contributed by atoms with van der Waals surface area (Å²) in [5.74, 6) is -0.893. The molecule has 1 amide bonds. The number of amides is 1. The second kappa shape index (κ2) is 6.89. The quantitative estimate of drug-likeness (QED) is 0.794. The maximum atomic E-state index is 11.9. The molecule has 108 valence electrons. The number of hydrogen-bond donors (Lipinski definition) is 2. The van der Waals surface area contributed by atoms with Crippen molar-refractivity contribution in [3.8, 4) is 0 Å². The fourth-order valence-electron chi connectivity index (χ4n) is 2.98. The maximum Gasteiger partial charge on any atom is 0.306 e. The minimum atomic E-state index is -0.725. The first-order valence-electron chi connectivity index (χ1n) is 7.29. The van der Waals surface area contributed by atoms with Crippen LogP contribution in [-0.2, 0) is 14.3 Å². The van der Waals surface area contributed by atoms with Crippen LogP contribution in [0.4, 0.5) is 0 Å². The summed E-state index contributed by atoms with van der Waals surface area (Å²) < 4.78 is 5.50. The molecule has 2 rings (SSSR count). The Morgan fingerprint density at radius 2 is 1.79 bits per heavy atom. The number of carboxylic acid groups (broad SMARTS) is 1. The van der Waals surface area contributed by atoms with Crippen molar-refractivity contribution < 1.29 is 19.4 Å². The van der Waals surface area contributed by atoms with E-state index in [1.807, 2.05) is 0 Å². The molecule has 1 unspecified atom stereocenters. The molecular formula is C14H23NO4. The highest BCUT2D eigenvalue weighted by molar-refractivity contribution is 5.79. The lowest BCUT2D eigenvalue weighted by molar-refractivity contribution is -0.144.